The number of thioether (sulfide) groups is 1. The van der Waals surface area contributed by atoms with Gasteiger partial charge in [-0.3, -0.25) is 0 Å². The molecule has 0 spiro atoms. The van der Waals surface area contributed by atoms with Crippen molar-refractivity contribution in [2.24, 2.45) is 0 Å². The molecule has 0 aromatic carbocycles. The molecule has 1 fully saturated rings. The standard InChI is InChI=1S/C12H14N2O3S/c1-8-10(4-6-15-8)18-7-11-13-12(14-17-11)9-3-2-5-16-9/h2-3,5,8,10H,4,6-7H2,1H3. The van der Waals surface area contributed by atoms with Crippen LogP contribution in [-0.2, 0) is 10.5 Å². The zero-order valence-electron chi connectivity index (χ0n) is 10.0. The number of aromatic nitrogens is 2. The summed E-state index contributed by atoms with van der Waals surface area (Å²) in [6.07, 6.45) is 2.99. The van der Waals surface area contributed by atoms with Gasteiger partial charge in [-0.05, 0) is 25.5 Å². The van der Waals surface area contributed by atoms with Crippen LogP contribution in [0, 0.1) is 0 Å². The Hall–Kier alpha value is -1.27. The molecule has 1 aliphatic heterocycles. The second kappa shape index (κ2) is 5.16. The SMILES string of the molecule is CC1OCCC1SCc1nc(-c2ccco2)no1. The smallest absolute Gasteiger partial charge is 0.238 e. The number of nitrogens with zero attached hydrogens (tertiary/aromatic N) is 2. The van der Waals surface area contributed by atoms with E-state index < -0.39 is 0 Å². The predicted molar refractivity (Wildman–Crippen MR) is 67.1 cm³/mol. The summed E-state index contributed by atoms with van der Waals surface area (Å²) in [6, 6.07) is 3.62. The van der Waals surface area contributed by atoms with E-state index >= 15 is 0 Å². The van der Waals surface area contributed by atoms with E-state index in [0.717, 1.165) is 13.0 Å². The molecule has 0 aliphatic carbocycles. The van der Waals surface area contributed by atoms with Crippen LogP contribution in [0.3, 0.4) is 0 Å². The number of ether oxygens (including phenoxy) is 1. The molecule has 3 heterocycles. The van der Waals surface area contributed by atoms with Gasteiger partial charge >= 0.3 is 0 Å². The molecule has 0 saturated carbocycles. The second-order valence-corrected chi connectivity index (χ2v) is 5.43. The zero-order chi connectivity index (χ0) is 12.4. The highest BCUT2D eigenvalue weighted by molar-refractivity contribution is 7.99. The van der Waals surface area contributed by atoms with Gasteiger partial charge in [-0.25, -0.2) is 0 Å². The molecule has 2 aromatic rings. The lowest BCUT2D eigenvalue weighted by Gasteiger charge is -2.11. The second-order valence-electron chi connectivity index (χ2n) is 4.20. The molecule has 96 valence electrons. The van der Waals surface area contributed by atoms with Gasteiger partial charge in [0.05, 0.1) is 18.1 Å². The topological polar surface area (TPSA) is 61.3 Å². The third kappa shape index (κ3) is 2.44. The van der Waals surface area contributed by atoms with Gasteiger partial charge in [-0.2, -0.15) is 4.98 Å². The van der Waals surface area contributed by atoms with Crippen molar-refractivity contribution in [2.75, 3.05) is 6.61 Å². The van der Waals surface area contributed by atoms with E-state index in [1.165, 1.54) is 0 Å². The maximum atomic E-state index is 5.52. The Morgan fingerprint density at radius 2 is 2.44 bits per heavy atom. The van der Waals surface area contributed by atoms with Crippen LogP contribution in [0.5, 0.6) is 0 Å². The summed E-state index contributed by atoms with van der Waals surface area (Å²) in [5.41, 5.74) is 0. The Morgan fingerprint density at radius 1 is 1.50 bits per heavy atom. The van der Waals surface area contributed by atoms with Crippen LogP contribution >= 0.6 is 11.8 Å². The van der Waals surface area contributed by atoms with Crippen LogP contribution < -0.4 is 0 Å². The molecule has 2 atom stereocenters. The van der Waals surface area contributed by atoms with E-state index in [0.29, 0.717) is 34.6 Å². The number of furan rings is 1. The fourth-order valence-electron chi connectivity index (χ4n) is 1.93. The molecular weight excluding hydrogens is 252 g/mol. The molecule has 0 N–H and O–H groups in total. The van der Waals surface area contributed by atoms with E-state index in [9.17, 15) is 0 Å². The number of rotatable bonds is 4. The predicted octanol–water partition coefficient (Wildman–Crippen LogP) is 2.74. The number of hydrogen-bond acceptors (Lipinski definition) is 6. The van der Waals surface area contributed by atoms with Gasteiger partial charge in [0.2, 0.25) is 11.7 Å². The Labute approximate surface area is 109 Å². The van der Waals surface area contributed by atoms with E-state index in [2.05, 4.69) is 17.1 Å². The molecule has 1 saturated heterocycles. The lowest BCUT2D eigenvalue weighted by atomic mass is 10.3. The molecule has 0 radical (unpaired) electrons. The Morgan fingerprint density at radius 3 is 3.17 bits per heavy atom. The lowest BCUT2D eigenvalue weighted by Crippen LogP contribution is -2.13. The van der Waals surface area contributed by atoms with Crippen LogP contribution in [0.4, 0.5) is 0 Å². The summed E-state index contributed by atoms with van der Waals surface area (Å²) >= 11 is 1.80. The molecule has 6 heteroatoms. The quantitative estimate of drug-likeness (QED) is 0.848. The van der Waals surface area contributed by atoms with Crippen molar-refractivity contribution >= 4 is 11.8 Å². The average Bonchev–Trinajstić information content (AvgIpc) is 3.08. The Kier molecular flexibility index (Phi) is 3.38. The van der Waals surface area contributed by atoms with Crippen molar-refractivity contribution in [3.63, 3.8) is 0 Å². The van der Waals surface area contributed by atoms with Crippen molar-refractivity contribution < 1.29 is 13.7 Å². The summed E-state index contributed by atoms with van der Waals surface area (Å²) in [4.78, 5) is 4.31. The van der Waals surface area contributed by atoms with E-state index in [1.54, 1.807) is 24.1 Å². The van der Waals surface area contributed by atoms with Gasteiger partial charge in [0.15, 0.2) is 5.76 Å². The Bertz CT molecular complexity index is 497. The van der Waals surface area contributed by atoms with Gasteiger partial charge < -0.3 is 13.7 Å². The van der Waals surface area contributed by atoms with Gasteiger partial charge in [0.1, 0.15) is 0 Å². The minimum atomic E-state index is 0.308. The average molecular weight is 266 g/mol. The first-order valence-corrected chi connectivity index (χ1v) is 6.97. The normalized spacial score (nSPS) is 23.6. The highest BCUT2D eigenvalue weighted by atomic mass is 32.2. The molecule has 2 aromatic heterocycles. The maximum Gasteiger partial charge on any atom is 0.238 e. The van der Waals surface area contributed by atoms with E-state index in [-0.39, 0.29) is 0 Å². The first kappa shape index (κ1) is 11.8. The Balaban J connectivity index is 1.60. The fraction of sp³-hybridized carbons (Fsp3) is 0.500. The van der Waals surface area contributed by atoms with Crippen LogP contribution in [0.1, 0.15) is 19.2 Å². The molecule has 5 nitrogen and oxygen atoms in total. The minimum Gasteiger partial charge on any atom is -0.461 e. The van der Waals surface area contributed by atoms with Crippen molar-refractivity contribution in [2.45, 2.75) is 30.5 Å². The maximum absolute atomic E-state index is 5.52. The molecule has 3 rings (SSSR count). The summed E-state index contributed by atoms with van der Waals surface area (Å²) in [6.45, 7) is 2.95. The third-order valence-corrected chi connectivity index (χ3v) is 4.40. The van der Waals surface area contributed by atoms with E-state index in [4.69, 9.17) is 13.7 Å². The van der Waals surface area contributed by atoms with Crippen LogP contribution in [-0.4, -0.2) is 28.1 Å². The van der Waals surface area contributed by atoms with Crippen LogP contribution in [0.15, 0.2) is 27.3 Å². The zero-order valence-corrected chi connectivity index (χ0v) is 10.9. The van der Waals surface area contributed by atoms with Crippen molar-refractivity contribution in [3.05, 3.63) is 24.3 Å². The molecule has 0 amide bonds. The third-order valence-electron chi connectivity index (χ3n) is 2.94. The highest BCUT2D eigenvalue weighted by Crippen LogP contribution is 2.29. The molecule has 0 bridgehead atoms. The monoisotopic (exact) mass is 266 g/mol. The van der Waals surface area contributed by atoms with Crippen molar-refractivity contribution in [1.29, 1.82) is 0 Å². The summed E-state index contributed by atoms with van der Waals surface area (Å²) in [7, 11) is 0. The van der Waals surface area contributed by atoms with Crippen molar-refractivity contribution in [3.8, 4) is 11.6 Å². The summed E-state index contributed by atoms with van der Waals surface area (Å²) < 4.78 is 15.9. The van der Waals surface area contributed by atoms with Crippen LogP contribution in [0.25, 0.3) is 11.6 Å². The van der Waals surface area contributed by atoms with E-state index in [1.807, 2.05) is 6.07 Å². The minimum absolute atomic E-state index is 0.308. The van der Waals surface area contributed by atoms with Gasteiger partial charge in [-0.15, -0.1) is 11.8 Å². The van der Waals surface area contributed by atoms with Gasteiger partial charge in [0, 0.05) is 11.9 Å². The van der Waals surface area contributed by atoms with Crippen LogP contribution in [0.2, 0.25) is 0 Å². The number of hydrogen-bond donors (Lipinski definition) is 0. The summed E-state index contributed by atoms with van der Waals surface area (Å²) in [5, 5.41) is 4.42. The highest BCUT2D eigenvalue weighted by Gasteiger charge is 2.25. The lowest BCUT2D eigenvalue weighted by molar-refractivity contribution is 0.127. The molecular formula is C12H14N2O3S. The molecule has 1 aliphatic rings. The summed E-state index contributed by atoms with van der Waals surface area (Å²) in [5.74, 6) is 2.48. The fourth-order valence-corrected chi connectivity index (χ4v) is 3.02. The van der Waals surface area contributed by atoms with Gasteiger partial charge in [-0.1, -0.05) is 5.16 Å². The van der Waals surface area contributed by atoms with Gasteiger partial charge in [0.25, 0.3) is 0 Å². The molecule has 18 heavy (non-hydrogen) atoms. The first-order chi connectivity index (χ1) is 8.83. The largest absolute Gasteiger partial charge is 0.461 e. The van der Waals surface area contributed by atoms with Crippen molar-refractivity contribution in [1.82, 2.24) is 10.1 Å². The first-order valence-electron chi connectivity index (χ1n) is 5.92. The molecule has 2 unspecified atom stereocenters.